The molecule has 2 aromatic rings. The maximum Gasteiger partial charge on any atom is 0.336 e. The Hall–Kier alpha value is -1.90. The van der Waals surface area contributed by atoms with Crippen LogP contribution >= 0.6 is 11.6 Å². The molecular weight excluding hydrogens is 318 g/mol. The van der Waals surface area contributed by atoms with Crippen LogP contribution in [-0.4, -0.2) is 29.5 Å². The van der Waals surface area contributed by atoms with E-state index in [2.05, 4.69) is 14.7 Å². The van der Waals surface area contributed by atoms with E-state index in [1.807, 2.05) is 0 Å². The highest BCUT2D eigenvalue weighted by molar-refractivity contribution is 7.89. The first-order chi connectivity index (χ1) is 9.81. The van der Waals surface area contributed by atoms with Gasteiger partial charge in [-0.1, -0.05) is 11.6 Å². The second-order valence-electron chi connectivity index (χ2n) is 4.24. The number of nitrogens with zero attached hydrogens (tertiary/aromatic N) is 1. The number of aromatic amines is 1. The quantitative estimate of drug-likeness (QED) is 0.770. The summed E-state index contributed by atoms with van der Waals surface area (Å²) in [6, 6.07) is 2.43. The zero-order valence-corrected chi connectivity index (χ0v) is 12.5. The molecule has 9 heteroatoms. The van der Waals surface area contributed by atoms with E-state index in [-0.39, 0.29) is 27.6 Å². The van der Waals surface area contributed by atoms with Crippen LogP contribution in [-0.2, 0) is 16.6 Å². The van der Waals surface area contributed by atoms with Crippen molar-refractivity contribution in [2.24, 2.45) is 0 Å². The van der Waals surface area contributed by atoms with Crippen molar-refractivity contribution in [2.75, 3.05) is 0 Å². The first-order valence-corrected chi connectivity index (χ1v) is 7.69. The molecule has 0 saturated carbocycles. The van der Waals surface area contributed by atoms with Crippen molar-refractivity contribution in [1.29, 1.82) is 0 Å². The molecule has 0 bridgehead atoms. The standard InChI is InChI=1S/C12H12ClN3O4S/c1-7-9(12(17)18)4-8(13)5-10(7)21(19,20)16-6-11-14-2-3-15-11/h2-5,16H,6H2,1H3,(H,14,15)(H,17,18). The van der Waals surface area contributed by atoms with Gasteiger partial charge >= 0.3 is 5.97 Å². The highest BCUT2D eigenvalue weighted by Crippen LogP contribution is 2.24. The van der Waals surface area contributed by atoms with Crippen LogP contribution in [0.3, 0.4) is 0 Å². The molecule has 3 N–H and O–H groups in total. The molecule has 0 fully saturated rings. The number of benzene rings is 1. The zero-order chi connectivity index (χ0) is 15.6. The molecule has 0 saturated heterocycles. The van der Waals surface area contributed by atoms with E-state index in [9.17, 15) is 13.2 Å². The minimum Gasteiger partial charge on any atom is -0.478 e. The molecule has 0 atom stereocenters. The summed E-state index contributed by atoms with van der Waals surface area (Å²) in [5, 5.41) is 9.11. The molecule has 0 amide bonds. The van der Waals surface area contributed by atoms with Crippen LogP contribution in [0.2, 0.25) is 5.02 Å². The molecule has 112 valence electrons. The molecule has 0 spiro atoms. The van der Waals surface area contributed by atoms with Gasteiger partial charge in [0.15, 0.2) is 0 Å². The molecule has 1 heterocycles. The molecule has 0 unspecified atom stereocenters. The van der Waals surface area contributed by atoms with Crippen LogP contribution in [0, 0.1) is 6.92 Å². The number of aromatic nitrogens is 2. The van der Waals surface area contributed by atoms with Crippen molar-refractivity contribution >= 4 is 27.6 Å². The minimum atomic E-state index is -3.90. The van der Waals surface area contributed by atoms with Crippen LogP contribution in [0.5, 0.6) is 0 Å². The number of halogens is 1. The number of rotatable bonds is 5. The fourth-order valence-electron chi connectivity index (χ4n) is 1.79. The van der Waals surface area contributed by atoms with Crippen LogP contribution in [0.4, 0.5) is 0 Å². The lowest BCUT2D eigenvalue weighted by molar-refractivity contribution is 0.0696. The first kappa shape index (κ1) is 15.5. The van der Waals surface area contributed by atoms with Gasteiger partial charge in [0.1, 0.15) is 5.82 Å². The van der Waals surface area contributed by atoms with Gasteiger partial charge in [-0.3, -0.25) is 0 Å². The Morgan fingerprint density at radius 3 is 2.76 bits per heavy atom. The Kier molecular flexibility index (Phi) is 4.31. The van der Waals surface area contributed by atoms with Gasteiger partial charge in [0, 0.05) is 17.4 Å². The summed E-state index contributed by atoms with van der Waals surface area (Å²) in [6.07, 6.45) is 3.06. The normalized spacial score (nSPS) is 11.5. The summed E-state index contributed by atoms with van der Waals surface area (Å²) < 4.78 is 26.9. The number of nitrogens with one attached hydrogen (secondary N) is 2. The topological polar surface area (TPSA) is 112 Å². The third kappa shape index (κ3) is 3.41. The fourth-order valence-corrected chi connectivity index (χ4v) is 3.35. The van der Waals surface area contributed by atoms with Crippen LogP contribution in [0.15, 0.2) is 29.4 Å². The van der Waals surface area contributed by atoms with Crippen molar-refractivity contribution in [3.05, 3.63) is 46.5 Å². The maximum absolute atomic E-state index is 12.3. The number of aromatic carboxylic acids is 1. The highest BCUT2D eigenvalue weighted by atomic mass is 35.5. The summed E-state index contributed by atoms with van der Waals surface area (Å²) in [5.74, 6) is -0.797. The van der Waals surface area contributed by atoms with Crippen molar-refractivity contribution in [3.63, 3.8) is 0 Å². The van der Waals surface area contributed by atoms with Gasteiger partial charge in [-0.25, -0.2) is 22.9 Å². The Balaban J connectivity index is 2.37. The second kappa shape index (κ2) is 5.84. The third-order valence-electron chi connectivity index (χ3n) is 2.83. The number of imidazole rings is 1. The van der Waals surface area contributed by atoms with Crippen molar-refractivity contribution in [3.8, 4) is 0 Å². The van der Waals surface area contributed by atoms with E-state index in [0.29, 0.717) is 5.82 Å². The Morgan fingerprint density at radius 2 is 2.19 bits per heavy atom. The van der Waals surface area contributed by atoms with Gasteiger partial charge in [0.25, 0.3) is 0 Å². The minimum absolute atomic E-state index is 0.0380. The average Bonchev–Trinajstić information content (AvgIpc) is 2.91. The molecule has 0 aliphatic heterocycles. The van der Waals surface area contributed by atoms with Gasteiger partial charge in [-0.15, -0.1) is 0 Å². The third-order valence-corrected chi connectivity index (χ3v) is 4.57. The monoisotopic (exact) mass is 329 g/mol. The van der Waals surface area contributed by atoms with Crippen molar-refractivity contribution < 1.29 is 18.3 Å². The number of sulfonamides is 1. The lowest BCUT2D eigenvalue weighted by Crippen LogP contribution is -2.25. The zero-order valence-electron chi connectivity index (χ0n) is 10.9. The van der Waals surface area contributed by atoms with E-state index in [4.69, 9.17) is 16.7 Å². The van der Waals surface area contributed by atoms with Gasteiger partial charge in [-0.05, 0) is 24.6 Å². The molecule has 0 aliphatic rings. The number of H-pyrrole nitrogens is 1. The van der Waals surface area contributed by atoms with Gasteiger partial charge in [0.2, 0.25) is 10.0 Å². The summed E-state index contributed by atoms with van der Waals surface area (Å²) in [6.45, 7) is 1.38. The van der Waals surface area contributed by atoms with Crippen LogP contribution < -0.4 is 4.72 Å². The predicted molar refractivity (Wildman–Crippen MR) is 75.8 cm³/mol. The lowest BCUT2D eigenvalue weighted by atomic mass is 10.1. The number of carbonyl (C=O) groups is 1. The maximum atomic E-state index is 12.3. The number of carboxylic acids is 1. The second-order valence-corrected chi connectivity index (χ2v) is 6.41. The Morgan fingerprint density at radius 1 is 1.48 bits per heavy atom. The smallest absolute Gasteiger partial charge is 0.336 e. The summed E-state index contributed by atoms with van der Waals surface area (Å²) in [7, 11) is -3.90. The Bertz CT molecular complexity index is 772. The number of hydrogen-bond donors (Lipinski definition) is 3. The molecule has 0 radical (unpaired) electrons. The van der Waals surface area contributed by atoms with Crippen LogP contribution in [0.25, 0.3) is 0 Å². The summed E-state index contributed by atoms with van der Waals surface area (Å²) >= 11 is 5.80. The van der Waals surface area contributed by atoms with Gasteiger partial charge in [0.05, 0.1) is 17.0 Å². The summed E-state index contributed by atoms with van der Waals surface area (Å²) in [4.78, 5) is 17.6. The van der Waals surface area contributed by atoms with E-state index >= 15 is 0 Å². The van der Waals surface area contributed by atoms with E-state index in [0.717, 1.165) is 0 Å². The SMILES string of the molecule is Cc1c(C(=O)O)cc(Cl)cc1S(=O)(=O)NCc1ncc[nH]1. The molecule has 1 aromatic carbocycles. The van der Waals surface area contributed by atoms with Crippen molar-refractivity contribution in [2.45, 2.75) is 18.4 Å². The average molecular weight is 330 g/mol. The highest BCUT2D eigenvalue weighted by Gasteiger charge is 2.22. The molecule has 1 aromatic heterocycles. The largest absolute Gasteiger partial charge is 0.478 e. The van der Waals surface area contributed by atoms with E-state index in [1.54, 1.807) is 6.20 Å². The molecule has 2 rings (SSSR count). The van der Waals surface area contributed by atoms with Crippen LogP contribution in [0.1, 0.15) is 21.7 Å². The van der Waals surface area contributed by atoms with E-state index < -0.39 is 16.0 Å². The van der Waals surface area contributed by atoms with Gasteiger partial charge < -0.3 is 10.1 Å². The fraction of sp³-hybridized carbons (Fsp3) is 0.167. The number of carboxylic acid groups (broad SMARTS) is 1. The summed E-state index contributed by atoms with van der Waals surface area (Å²) in [5.41, 5.74) is -0.0280. The Labute approximate surface area is 126 Å². The molecule has 0 aliphatic carbocycles. The van der Waals surface area contributed by atoms with Crippen molar-refractivity contribution in [1.82, 2.24) is 14.7 Å². The van der Waals surface area contributed by atoms with E-state index in [1.165, 1.54) is 25.3 Å². The first-order valence-electron chi connectivity index (χ1n) is 5.82. The molecular formula is C12H12ClN3O4S. The predicted octanol–water partition coefficient (Wildman–Crippen LogP) is 1.55. The van der Waals surface area contributed by atoms with Gasteiger partial charge in [-0.2, -0.15) is 0 Å². The number of hydrogen-bond acceptors (Lipinski definition) is 4. The molecule has 7 nitrogen and oxygen atoms in total. The molecule has 21 heavy (non-hydrogen) atoms. The lowest BCUT2D eigenvalue weighted by Gasteiger charge is -2.11.